The molecule has 1 aromatic rings. The van der Waals surface area contributed by atoms with Crippen LogP contribution in [0, 0.1) is 5.92 Å². The van der Waals surface area contributed by atoms with Crippen molar-refractivity contribution in [3.8, 4) is 0 Å². The molecular formula is C16H24N2O. The van der Waals surface area contributed by atoms with E-state index in [-0.39, 0.29) is 0 Å². The van der Waals surface area contributed by atoms with Crippen LogP contribution in [-0.2, 0) is 17.9 Å². The van der Waals surface area contributed by atoms with Gasteiger partial charge in [-0.1, -0.05) is 37.6 Å². The molecule has 1 unspecified atom stereocenters. The lowest BCUT2D eigenvalue weighted by atomic mass is 9.98. The Morgan fingerprint density at radius 3 is 2.84 bits per heavy atom. The molecule has 1 fully saturated rings. The average molecular weight is 260 g/mol. The summed E-state index contributed by atoms with van der Waals surface area (Å²) in [5.41, 5.74) is 7.98. The maximum Gasteiger partial charge on any atom is 0.222 e. The minimum atomic E-state index is 0.300. The number of hydrogen-bond donors (Lipinski definition) is 1. The highest BCUT2D eigenvalue weighted by Crippen LogP contribution is 2.22. The van der Waals surface area contributed by atoms with Crippen LogP contribution in [0.3, 0.4) is 0 Å². The summed E-state index contributed by atoms with van der Waals surface area (Å²) in [6.07, 6.45) is 4.08. The van der Waals surface area contributed by atoms with Crippen molar-refractivity contribution >= 4 is 5.91 Å². The van der Waals surface area contributed by atoms with Gasteiger partial charge in [0.2, 0.25) is 5.91 Å². The molecule has 2 rings (SSSR count). The van der Waals surface area contributed by atoms with E-state index in [1.165, 1.54) is 12.0 Å². The minimum absolute atomic E-state index is 0.300. The summed E-state index contributed by atoms with van der Waals surface area (Å²) in [5, 5.41) is 0. The van der Waals surface area contributed by atoms with Crippen molar-refractivity contribution in [3.63, 3.8) is 0 Å². The molecule has 3 heteroatoms. The summed E-state index contributed by atoms with van der Waals surface area (Å²) in [6, 6.07) is 8.24. The van der Waals surface area contributed by atoms with Crippen LogP contribution < -0.4 is 5.73 Å². The van der Waals surface area contributed by atoms with E-state index in [0.717, 1.165) is 31.5 Å². The van der Waals surface area contributed by atoms with Gasteiger partial charge >= 0.3 is 0 Å². The number of nitrogens with two attached hydrogens (primary N) is 1. The maximum absolute atomic E-state index is 12.1. The molecule has 1 saturated heterocycles. The highest BCUT2D eigenvalue weighted by molar-refractivity contribution is 5.76. The third-order valence-corrected chi connectivity index (χ3v) is 4.10. The minimum Gasteiger partial charge on any atom is -0.338 e. The summed E-state index contributed by atoms with van der Waals surface area (Å²) in [7, 11) is 0. The first-order valence-corrected chi connectivity index (χ1v) is 7.28. The summed E-state index contributed by atoms with van der Waals surface area (Å²) in [6.45, 7) is 4.39. The highest BCUT2D eigenvalue weighted by Gasteiger charge is 2.21. The maximum atomic E-state index is 12.1. The van der Waals surface area contributed by atoms with Gasteiger partial charge in [-0.3, -0.25) is 4.79 Å². The molecule has 0 aliphatic carbocycles. The number of benzene rings is 1. The molecule has 1 aliphatic rings. The van der Waals surface area contributed by atoms with Gasteiger partial charge in [0.25, 0.3) is 0 Å². The summed E-state index contributed by atoms with van der Waals surface area (Å²) >= 11 is 0. The average Bonchev–Trinajstić information content (AvgIpc) is 2.62. The molecule has 3 nitrogen and oxygen atoms in total. The predicted octanol–water partition coefficient (Wildman–Crippen LogP) is 2.68. The van der Waals surface area contributed by atoms with Crippen molar-refractivity contribution in [2.75, 3.05) is 6.54 Å². The lowest BCUT2D eigenvalue weighted by Crippen LogP contribution is -2.29. The second kappa shape index (κ2) is 6.71. The fourth-order valence-electron chi connectivity index (χ4n) is 2.74. The van der Waals surface area contributed by atoms with E-state index >= 15 is 0 Å². The molecule has 0 saturated carbocycles. The lowest BCUT2D eigenvalue weighted by Gasteiger charge is -2.21. The number of likely N-dealkylation sites (tertiary alicyclic amines) is 1. The van der Waals surface area contributed by atoms with Gasteiger partial charge in [-0.2, -0.15) is 0 Å². The smallest absolute Gasteiger partial charge is 0.222 e. The lowest BCUT2D eigenvalue weighted by molar-refractivity contribution is -0.131. The van der Waals surface area contributed by atoms with E-state index in [1.807, 2.05) is 17.0 Å². The zero-order valence-electron chi connectivity index (χ0n) is 11.8. The molecule has 0 bridgehead atoms. The van der Waals surface area contributed by atoms with Gasteiger partial charge in [0.05, 0.1) is 0 Å². The number of rotatable bonds is 4. The molecule has 1 aliphatic heterocycles. The fraction of sp³-hybridized carbons (Fsp3) is 0.562. The molecule has 1 atom stereocenters. The Morgan fingerprint density at radius 2 is 2.11 bits per heavy atom. The predicted molar refractivity (Wildman–Crippen MR) is 77.4 cm³/mol. The largest absolute Gasteiger partial charge is 0.338 e. The topological polar surface area (TPSA) is 46.3 Å². The standard InChI is InChI=1S/C16H24N2O/c1-2-13-6-7-16(19)18(9-8-13)12-15-5-3-4-14(10-15)11-17/h3-5,10,13H,2,6-9,11-12,17H2,1H3. The first-order chi connectivity index (χ1) is 9.22. The summed E-state index contributed by atoms with van der Waals surface area (Å²) in [4.78, 5) is 14.1. The van der Waals surface area contributed by atoms with Crippen molar-refractivity contribution < 1.29 is 4.79 Å². The number of carbonyl (C=O) groups excluding carboxylic acids is 1. The molecule has 1 heterocycles. The number of amides is 1. The van der Waals surface area contributed by atoms with Gasteiger partial charge in [0.1, 0.15) is 0 Å². The summed E-state index contributed by atoms with van der Waals surface area (Å²) in [5.74, 6) is 1.01. The molecule has 1 aromatic carbocycles. The molecule has 1 amide bonds. The Bertz CT molecular complexity index is 431. The van der Waals surface area contributed by atoms with Crippen LogP contribution in [0.1, 0.15) is 43.7 Å². The Labute approximate surface area is 115 Å². The molecule has 0 spiro atoms. The second-order valence-corrected chi connectivity index (χ2v) is 5.44. The van der Waals surface area contributed by atoms with E-state index in [0.29, 0.717) is 24.8 Å². The van der Waals surface area contributed by atoms with Crippen LogP contribution >= 0.6 is 0 Å². The number of hydrogen-bond acceptors (Lipinski definition) is 2. The van der Waals surface area contributed by atoms with E-state index in [2.05, 4.69) is 19.1 Å². The van der Waals surface area contributed by atoms with Gasteiger partial charge < -0.3 is 10.6 Å². The zero-order valence-corrected chi connectivity index (χ0v) is 11.8. The SMILES string of the molecule is CCC1CCC(=O)N(Cc2cccc(CN)c2)CC1. The first kappa shape index (κ1) is 14.1. The molecule has 0 aromatic heterocycles. The van der Waals surface area contributed by atoms with Crippen LogP contribution in [0.25, 0.3) is 0 Å². The van der Waals surface area contributed by atoms with E-state index in [9.17, 15) is 4.79 Å². The van der Waals surface area contributed by atoms with Crippen molar-refractivity contribution in [1.29, 1.82) is 0 Å². The van der Waals surface area contributed by atoms with Crippen molar-refractivity contribution in [3.05, 3.63) is 35.4 Å². The zero-order chi connectivity index (χ0) is 13.7. The molecule has 0 radical (unpaired) electrons. The van der Waals surface area contributed by atoms with Crippen molar-refractivity contribution in [1.82, 2.24) is 4.90 Å². The fourth-order valence-corrected chi connectivity index (χ4v) is 2.74. The van der Waals surface area contributed by atoms with Crippen LogP contribution in [0.2, 0.25) is 0 Å². The second-order valence-electron chi connectivity index (χ2n) is 5.44. The highest BCUT2D eigenvalue weighted by atomic mass is 16.2. The van der Waals surface area contributed by atoms with Gasteiger partial charge in [0.15, 0.2) is 0 Å². The molecule has 2 N–H and O–H groups in total. The Morgan fingerprint density at radius 1 is 1.32 bits per heavy atom. The van der Waals surface area contributed by atoms with Crippen LogP contribution in [0.15, 0.2) is 24.3 Å². The number of carbonyl (C=O) groups is 1. The monoisotopic (exact) mass is 260 g/mol. The van der Waals surface area contributed by atoms with Crippen LogP contribution in [0.5, 0.6) is 0 Å². The van der Waals surface area contributed by atoms with E-state index < -0.39 is 0 Å². The normalized spacial score (nSPS) is 20.4. The van der Waals surface area contributed by atoms with E-state index in [4.69, 9.17) is 5.73 Å². The van der Waals surface area contributed by atoms with Crippen molar-refractivity contribution in [2.45, 2.75) is 45.7 Å². The van der Waals surface area contributed by atoms with E-state index in [1.54, 1.807) is 0 Å². The van der Waals surface area contributed by atoms with Crippen LogP contribution in [-0.4, -0.2) is 17.4 Å². The van der Waals surface area contributed by atoms with Gasteiger partial charge in [-0.05, 0) is 29.9 Å². The number of nitrogens with zero attached hydrogens (tertiary/aromatic N) is 1. The third-order valence-electron chi connectivity index (χ3n) is 4.10. The van der Waals surface area contributed by atoms with Crippen LogP contribution in [0.4, 0.5) is 0 Å². The molecule has 104 valence electrons. The van der Waals surface area contributed by atoms with Gasteiger partial charge in [0, 0.05) is 26.1 Å². The Kier molecular flexibility index (Phi) is 4.97. The Balaban J connectivity index is 2.02. The quantitative estimate of drug-likeness (QED) is 0.904. The third kappa shape index (κ3) is 3.80. The molecular weight excluding hydrogens is 236 g/mol. The first-order valence-electron chi connectivity index (χ1n) is 7.28. The van der Waals surface area contributed by atoms with Crippen molar-refractivity contribution in [2.24, 2.45) is 11.7 Å². The molecule has 19 heavy (non-hydrogen) atoms. The van der Waals surface area contributed by atoms with Gasteiger partial charge in [-0.15, -0.1) is 0 Å². The van der Waals surface area contributed by atoms with Gasteiger partial charge in [-0.25, -0.2) is 0 Å². The summed E-state index contributed by atoms with van der Waals surface area (Å²) < 4.78 is 0. The Hall–Kier alpha value is -1.35.